The molecule has 0 bridgehead atoms. The summed E-state index contributed by atoms with van der Waals surface area (Å²) in [5.41, 5.74) is 6.81. The average Bonchev–Trinajstić information content (AvgIpc) is 2.67. The molecule has 0 aliphatic heterocycles. The van der Waals surface area contributed by atoms with Crippen LogP contribution in [-0.4, -0.2) is 16.4 Å². The summed E-state index contributed by atoms with van der Waals surface area (Å²) in [4.78, 5) is 16.2. The topological polar surface area (TPSA) is 81.2 Å². The van der Waals surface area contributed by atoms with E-state index in [1.807, 2.05) is 13.8 Å². The van der Waals surface area contributed by atoms with Gasteiger partial charge in [0.05, 0.1) is 12.2 Å². The van der Waals surface area contributed by atoms with Gasteiger partial charge in [0, 0.05) is 12.0 Å². The molecule has 1 aromatic heterocycles. The molecule has 3 N–H and O–H groups in total. The van der Waals surface area contributed by atoms with Crippen LogP contribution in [-0.2, 0) is 11.3 Å². The van der Waals surface area contributed by atoms with E-state index in [0.29, 0.717) is 18.9 Å². The van der Waals surface area contributed by atoms with E-state index in [2.05, 4.69) is 10.3 Å². The normalized spacial score (nSPS) is 18.3. The fourth-order valence-corrected chi connectivity index (χ4v) is 2.60. The predicted molar refractivity (Wildman–Crippen MR) is 72.4 cm³/mol. The molecular weight excluding hydrogens is 242 g/mol. The van der Waals surface area contributed by atoms with Crippen molar-refractivity contribution in [3.63, 3.8) is 0 Å². The summed E-state index contributed by atoms with van der Waals surface area (Å²) in [7, 11) is 0. The van der Waals surface area contributed by atoms with Gasteiger partial charge in [-0.3, -0.25) is 4.79 Å². The van der Waals surface area contributed by atoms with Gasteiger partial charge in [-0.25, -0.2) is 4.98 Å². The minimum atomic E-state index is -0.315. The summed E-state index contributed by atoms with van der Waals surface area (Å²) < 4.78 is 5.42. The second-order valence-electron chi connectivity index (χ2n) is 5.63. The fourth-order valence-electron chi connectivity index (χ4n) is 2.60. The van der Waals surface area contributed by atoms with Crippen molar-refractivity contribution >= 4 is 5.91 Å². The Morgan fingerprint density at radius 1 is 1.37 bits per heavy atom. The van der Waals surface area contributed by atoms with Gasteiger partial charge in [-0.05, 0) is 26.7 Å². The van der Waals surface area contributed by atoms with E-state index in [9.17, 15) is 4.79 Å². The molecule has 0 radical (unpaired) electrons. The van der Waals surface area contributed by atoms with Crippen molar-refractivity contribution in [2.75, 3.05) is 0 Å². The lowest BCUT2D eigenvalue weighted by molar-refractivity contribution is -0.122. The van der Waals surface area contributed by atoms with E-state index < -0.39 is 0 Å². The first kappa shape index (κ1) is 14.1. The van der Waals surface area contributed by atoms with Crippen molar-refractivity contribution in [1.29, 1.82) is 0 Å². The fraction of sp³-hybridized carbons (Fsp3) is 0.714. The van der Waals surface area contributed by atoms with Gasteiger partial charge >= 0.3 is 0 Å². The van der Waals surface area contributed by atoms with Crippen molar-refractivity contribution in [3.8, 4) is 0 Å². The molecule has 0 unspecified atom stereocenters. The maximum Gasteiger partial charge on any atom is 0.222 e. The number of carbonyl (C=O) groups excluding carboxylic acids is 1. The van der Waals surface area contributed by atoms with Crippen LogP contribution < -0.4 is 11.1 Å². The van der Waals surface area contributed by atoms with Gasteiger partial charge < -0.3 is 15.5 Å². The second-order valence-corrected chi connectivity index (χ2v) is 5.63. The van der Waals surface area contributed by atoms with E-state index in [0.717, 1.165) is 37.1 Å². The Labute approximate surface area is 114 Å². The summed E-state index contributed by atoms with van der Waals surface area (Å²) in [6.07, 6.45) is 5.76. The van der Waals surface area contributed by atoms with Gasteiger partial charge in [-0.1, -0.05) is 19.3 Å². The molecule has 1 aliphatic carbocycles. The zero-order valence-electron chi connectivity index (χ0n) is 11.8. The lowest BCUT2D eigenvalue weighted by Gasteiger charge is -2.32. The van der Waals surface area contributed by atoms with Crippen LogP contribution in [0.15, 0.2) is 4.42 Å². The minimum absolute atomic E-state index is 0.0158. The van der Waals surface area contributed by atoms with Crippen LogP contribution >= 0.6 is 0 Å². The van der Waals surface area contributed by atoms with E-state index in [4.69, 9.17) is 10.2 Å². The Kier molecular flexibility index (Phi) is 4.24. The monoisotopic (exact) mass is 265 g/mol. The molecule has 1 fully saturated rings. The molecule has 19 heavy (non-hydrogen) atoms. The Bertz CT molecular complexity index is 428. The summed E-state index contributed by atoms with van der Waals surface area (Å²) >= 11 is 0. The summed E-state index contributed by atoms with van der Waals surface area (Å²) in [6, 6.07) is 0. The Hall–Kier alpha value is -1.36. The number of carbonyl (C=O) groups is 1. The number of nitrogens with two attached hydrogens (primary N) is 1. The van der Waals surface area contributed by atoms with Gasteiger partial charge in [0.25, 0.3) is 0 Å². The quantitative estimate of drug-likeness (QED) is 0.872. The number of hydrogen-bond donors (Lipinski definition) is 2. The third-order valence-corrected chi connectivity index (χ3v) is 3.87. The van der Waals surface area contributed by atoms with Crippen LogP contribution in [0.25, 0.3) is 0 Å². The first-order valence-electron chi connectivity index (χ1n) is 6.97. The highest BCUT2D eigenvalue weighted by molar-refractivity contribution is 5.77. The predicted octanol–water partition coefficient (Wildman–Crippen LogP) is 1.96. The third-order valence-electron chi connectivity index (χ3n) is 3.87. The van der Waals surface area contributed by atoms with Gasteiger partial charge in [-0.15, -0.1) is 0 Å². The molecule has 0 atom stereocenters. The Morgan fingerprint density at radius 2 is 2.05 bits per heavy atom. The number of amides is 1. The molecule has 1 heterocycles. The largest absolute Gasteiger partial charge is 0.444 e. The molecule has 1 amide bonds. The summed E-state index contributed by atoms with van der Waals surface area (Å²) in [5.74, 6) is 1.34. The van der Waals surface area contributed by atoms with Crippen LogP contribution in [0.2, 0.25) is 0 Å². The van der Waals surface area contributed by atoms with E-state index in [1.165, 1.54) is 6.42 Å². The van der Waals surface area contributed by atoms with Crippen molar-refractivity contribution in [2.24, 2.45) is 5.73 Å². The number of oxazole rings is 1. The van der Waals surface area contributed by atoms with Crippen LogP contribution in [0, 0.1) is 13.8 Å². The van der Waals surface area contributed by atoms with Gasteiger partial charge in [0.15, 0.2) is 0 Å². The van der Waals surface area contributed by atoms with Gasteiger partial charge in [0.1, 0.15) is 5.76 Å². The number of aryl methyl sites for hydroxylation is 2. The van der Waals surface area contributed by atoms with Crippen molar-refractivity contribution in [3.05, 3.63) is 17.3 Å². The molecule has 5 heteroatoms. The van der Waals surface area contributed by atoms with E-state index in [-0.39, 0.29) is 11.4 Å². The molecule has 106 valence electrons. The highest BCUT2D eigenvalue weighted by Crippen LogP contribution is 2.28. The SMILES string of the molecule is Cc1nc(CNC(=O)CC2(N)CCCCC2)oc1C. The first-order valence-corrected chi connectivity index (χ1v) is 6.97. The molecule has 1 aliphatic rings. The first-order chi connectivity index (χ1) is 8.98. The molecule has 0 aromatic carbocycles. The Morgan fingerprint density at radius 3 is 2.63 bits per heavy atom. The molecule has 0 spiro atoms. The van der Waals surface area contributed by atoms with E-state index in [1.54, 1.807) is 0 Å². The average molecular weight is 265 g/mol. The highest BCUT2D eigenvalue weighted by atomic mass is 16.4. The Balaban J connectivity index is 1.81. The molecular formula is C14H23N3O2. The number of rotatable bonds is 4. The maximum atomic E-state index is 11.9. The molecule has 1 saturated carbocycles. The molecule has 1 aromatic rings. The number of nitrogens with zero attached hydrogens (tertiary/aromatic N) is 1. The number of nitrogens with one attached hydrogen (secondary N) is 1. The maximum absolute atomic E-state index is 11.9. The molecule has 2 rings (SSSR count). The van der Waals surface area contributed by atoms with Crippen molar-refractivity contribution in [1.82, 2.24) is 10.3 Å². The lowest BCUT2D eigenvalue weighted by Crippen LogP contribution is -2.45. The van der Waals surface area contributed by atoms with Gasteiger partial charge in [-0.2, -0.15) is 0 Å². The van der Waals surface area contributed by atoms with Crippen LogP contribution in [0.4, 0.5) is 0 Å². The second kappa shape index (κ2) is 5.74. The smallest absolute Gasteiger partial charge is 0.222 e. The van der Waals surface area contributed by atoms with Crippen LogP contribution in [0.1, 0.15) is 55.9 Å². The van der Waals surface area contributed by atoms with Crippen LogP contribution in [0.3, 0.4) is 0 Å². The third kappa shape index (κ3) is 3.80. The highest BCUT2D eigenvalue weighted by Gasteiger charge is 2.29. The van der Waals surface area contributed by atoms with Crippen LogP contribution in [0.5, 0.6) is 0 Å². The summed E-state index contributed by atoms with van der Waals surface area (Å²) in [5, 5.41) is 2.84. The van der Waals surface area contributed by atoms with E-state index >= 15 is 0 Å². The lowest BCUT2D eigenvalue weighted by atomic mass is 9.80. The number of aromatic nitrogens is 1. The zero-order chi connectivity index (χ0) is 13.9. The number of hydrogen-bond acceptors (Lipinski definition) is 4. The minimum Gasteiger partial charge on any atom is -0.444 e. The van der Waals surface area contributed by atoms with Crippen molar-refractivity contribution < 1.29 is 9.21 Å². The zero-order valence-corrected chi connectivity index (χ0v) is 11.8. The summed E-state index contributed by atoms with van der Waals surface area (Å²) in [6.45, 7) is 4.09. The molecule has 0 saturated heterocycles. The van der Waals surface area contributed by atoms with Crippen molar-refractivity contribution in [2.45, 2.75) is 64.5 Å². The standard InChI is InChI=1S/C14H23N3O2/c1-10-11(2)19-13(17-10)9-16-12(18)8-14(15)6-4-3-5-7-14/h3-9,15H2,1-2H3,(H,16,18). The van der Waals surface area contributed by atoms with Gasteiger partial charge in [0.2, 0.25) is 11.8 Å². The molecule has 5 nitrogen and oxygen atoms in total.